The lowest BCUT2D eigenvalue weighted by Gasteiger charge is -2.26. The maximum absolute atomic E-state index is 11.8. The van der Waals surface area contributed by atoms with Crippen molar-refractivity contribution in [3.63, 3.8) is 0 Å². The lowest BCUT2D eigenvalue weighted by molar-refractivity contribution is -0.291. The molecular weight excluding hydrogens is 216 g/mol. The molecule has 1 aliphatic rings. The lowest BCUT2D eigenvalue weighted by Crippen LogP contribution is -2.29. The number of carbonyl (C=O) groups excluding carboxylic acids is 1. The third kappa shape index (κ3) is 5.07. The minimum Gasteiger partial charge on any atom is -0.298 e. The van der Waals surface area contributed by atoms with Gasteiger partial charge in [-0.05, 0) is 32.1 Å². The zero-order valence-corrected chi connectivity index (χ0v) is 11.7. The van der Waals surface area contributed by atoms with E-state index < -0.39 is 5.41 Å². The summed E-state index contributed by atoms with van der Waals surface area (Å²) in [6, 6.07) is 0. The Bertz CT molecular complexity index is 256. The average molecular weight is 242 g/mol. The molecule has 0 N–H and O–H groups in total. The van der Waals surface area contributed by atoms with Crippen LogP contribution in [0.5, 0.6) is 0 Å². The molecule has 1 rings (SSSR count). The fourth-order valence-corrected chi connectivity index (χ4v) is 2.05. The van der Waals surface area contributed by atoms with Gasteiger partial charge in [0.05, 0.1) is 12.0 Å². The summed E-state index contributed by atoms with van der Waals surface area (Å²) in [7, 11) is 0. The summed E-state index contributed by atoms with van der Waals surface area (Å²) in [6.45, 7) is 8.63. The summed E-state index contributed by atoms with van der Waals surface area (Å²) in [5.41, 5.74) is -0.340. The topological polar surface area (TPSA) is 35.5 Å². The highest BCUT2D eigenvalue weighted by molar-refractivity contribution is 5.75. The first-order chi connectivity index (χ1) is 7.83. The van der Waals surface area contributed by atoms with Gasteiger partial charge in [-0.25, -0.2) is 4.79 Å². The van der Waals surface area contributed by atoms with E-state index in [4.69, 9.17) is 9.78 Å². The Labute approximate surface area is 105 Å². The molecule has 1 heterocycles. The Balaban J connectivity index is 2.57. The largest absolute Gasteiger partial charge is 0.347 e. The van der Waals surface area contributed by atoms with Gasteiger partial charge in [-0.15, -0.1) is 0 Å². The Hall–Kier alpha value is -0.570. The molecule has 0 amide bonds. The van der Waals surface area contributed by atoms with E-state index in [2.05, 4.69) is 13.8 Å². The van der Waals surface area contributed by atoms with Crippen molar-refractivity contribution in [2.45, 2.75) is 66.2 Å². The predicted molar refractivity (Wildman–Crippen MR) is 67.3 cm³/mol. The molecule has 0 saturated carbocycles. The first-order valence-electron chi connectivity index (χ1n) is 6.67. The van der Waals surface area contributed by atoms with Crippen LogP contribution in [0.2, 0.25) is 0 Å². The highest BCUT2D eigenvalue weighted by Gasteiger charge is 2.31. The standard InChI is InChI=1S/C14H26O3/c1-13(2)9-7-5-6-8-10-14(3,4)12(15)17-16-11-13/h5-11H2,1-4H3. The van der Waals surface area contributed by atoms with Gasteiger partial charge in [0.2, 0.25) is 0 Å². The van der Waals surface area contributed by atoms with Gasteiger partial charge in [-0.1, -0.05) is 39.5 Å². The monoisotopic (exact) mass is 242 g/mol. The molecule has 3 heteroatoms. The maximum atomic E-state index is 11.8. The van der Waals surface area contributed by atoms with Crippen LogP contribution in [0, 0.1) is 10.8 Å². The molecule has 3 nitrogen and oxygen atoms in total. The third-order valence-corrected chi connectivity index (χ3v) is 3.54. The molecule has 0 atom stereocenters. The SMILES string of the molecule is CC1(C)CCCCCCC(C)(C)C(=O)OOC1. The first-order valence-corrected chi connectivity index (χ1v) is 6.67. The van der Waals surface area contributed by atoms with Gasteiger partial charge in [0.1, 0.15) is 0 Å². The molecule has 1 aliphatic heterocycles. The minimum atomic E-state index is -0.427. The molecule has 0 bridgehead atoms. The minimum absolute atomic E-state index is 0.0869. The summed E-state index contributed by atoms with van der Waals surface area (Å²) in [4.78, 5) is 21.9. The highest BCUT2D eigenvalue weighted by Crippen LogP contribution is 2.29. The van der Waals surface area contributed by atoms with Crippen molar-refractivity contribution >= 4 is 5.97 Å². The molecule has 0 aromatic rings. The van der Waals surface area contributed by atoms with Crippen LogP contribution in [0.25, 0.3) is 0 Å². The van der Waals surface area contributed by atoms with Crippen LogP contribution in [0.15, 0.2) is 0 Å². The molecule has 0 aromatic heterocycles. The van der Waals surface area contributed by atoms with Gasteiger partial charge in [-0.3, -0.25) is 4.89 Å². The van der Waals surface area contributed by atoms with E-state index in [1.165, 1.54) is 19.3 Å². The van der Waals surface area contributed by atoms with Gasteiger partial charge >= 0.3 is 5.97 Å². The Morgan fingerprint density at radius 3 is 2.18 bits per heavy atom. The summed E-state index contributed by atoms with van der Waals surface area (Å²) in [5, 5.41) is 0. The molecule has 1 saturated heterocycles. The van der Waals surface area contributed by atoms with Crippen LogP contribution in [-0.4, -0.2) is 12.6 Å². The summed E-state index contributed by atoms with van der Waals surface area (Å²) in [5.74, 6) is -0.242. The zero-order valence-electron chi connectivity index (χ0n) is 11.7. The van der Waals surface area contributed by atoms with Gasteiger partial charge in [-0.2, -0.15) is 4.89 Å². The summed E-state index contributed by atoms with van der Waals surface area (Å²) < 4.78 is 0. The van der Waals surface area contributed by atoms with E-state index in [0.717, 1.165) is 19.3 Å². The van der Waals surface area contributed by atoms with E-state index in [0.29, 0.717) is 6.61 Å². The van der Waals surface area contributed by atoms with Crippen LogP contribution in [0.3, 0.4) is 0 Å². The zero-order chi connectivity index (χ0) is 12.9. The predicted octanol–water partition coefficient (Wildman–Crippen LogP) is 3.87. The third-order valence-electron chi connectivity index (χ3n) is 3.54. The van der Waals surface area contributed by atoms with Gasteiger partial charge in [0, 0.05) is 0 Å². The molecule has 0 unspecified atom stereocenters. The van der Waals surface area contributed by atoms with E-state index >= 15 is 0 Å². The van der Waals surface area contributed by atoms with E-state index in [-0.39, 0.29) is 11.4 Å². The molecule has 0 spiro atoms. The Morgan fingerprint density at radius 1 is 0.941 bits per heavy atom. The van der Waals surface area contributed by atoms with Gasteiger partial charge < -0.3 is 0 Å². The van der Waals surface area contributed by atoms with Crippen LogP contribution in [-0.2, 0) is 14.6 Å². The van der Waals surface area contributed by atoms with Gasteiger partial charge in [0.25, 0.3) is 0 Å². The van der Waals surface area contributed by atoms with Crippen LogP contribution >= 0.6 is 0 Å². The number of hydrogen-bond acceptors (Lipinski definition) is 3. The second-order valence-corrected chi connectivity index (χ2v) is 6.60. The van der Waals surface area contributed by atoms with Crippen LogP contribution in [0.4, 0.5) is 0 Å². The van der Waals surface area contributed by atoms with Crippen molar-refractivity contribution in [3.8, 4) is 0 Å². The normalized spacial score (nSPS) is 26.5. The number of hydrogen-bond donors (Lipinski definition) is 0. The van der Waals surface area contributed by atoms with E-state index in [9.17, 15) is 4.79 Å². The van der Waals surface area contributed by atoms with Crippen molar-refractivity contribution in [1.82, 2.24) is 0 Å². The molecule has 1 fully saturated rings. The van der Waals surface area contributed by atoms with E-state index in [1.807, 2.05) is 13.8 Å². The van der Waals surface area contributed by atoms with Crippen molar-refractivity contribution in [2.75, 3.05) is 6.61 Å². The first kappa shape index (κ1) is 14.5. The second kappa shape index (κ2) is 5.85. The van der Waals surface area contributed by atoms with Gasteiger partial charge in [0.15, 0.2) is 0 Å². The maximum Gasteiger partial charge on any atom is 0.347 e. The Kier molecular flexibility index (Phi) is 4.99. The van der Waals surface area contributed by atoms with Crippen LogP contribution in [0.1, 0.15) is 66.2 Å². The summed E-state index contributed by atoms with van der Waals surface area (Å²) >= 11 is 0. The quantitative estimate of drug-likeness (QED) is 0.605. The molecule has 17 heavy (non-hydrogen) atoms. The number of carbonyl (C=O) groups is 1. The van der Waals surface area contributed by atoms with Crippen molar-refractivity contribution in [3.05, 3.63) is 0 Å². The smallest absolute Gasteiger partial charge is 0.298 e. The highest BCUT2D eigenvalue weighted by atomic mass is 17.2. The van der Waals surface area contributed by atoms with Crippen molar-refractivity contribution in [1.29, 1.82) is 0 Å². The molecule has 0 radical (unpaired) electrons. The van der Waals surface area contributed by atoms with Crippen LogP contribution < -0.4 is 0 Å². The fraction of sp³-hybridized carbons (Fsp3) is 0.929. The molecule has 0 aromatic carbocycles. The molecular formula is C14H26O3. The summed E-state index contributed by atoms with van der Waals surface area (Å²) in [6.07, 6.45) is 6.75. The number of rotatable bonds is 0. The van der Waals surface area contributed by atoms with Crippen molar-refractivity contribution < 1.29 is 14.6 Å². The van der Waals surface area contributed by atoms with E-state index in [1.54, 1.807) is 0 Å². The Morgan fingerprint density at radius 2 is 1.53 bits per heavy atom. The molecule has 0 aliphatic carbocycles. The molecule has 100 valence electrons. The second-order valence-electron chi connectivity index (χ2n) is 6.60. The fourth-order valence-electron chi connectivity index (χ4n) is 2.05. The average Bonchev–Trinajstić information content (AvgIpc) is 2.21. The lowest BCUT2D eigenvalue weighted by atomic mass is 9.85. The van der Waals surface area contributed by atoms with Crippen molar-refractivity contribution in [2.24, 2.45) is 10.8 Å².